The predicted octanol–water partition coefficient (Wildman–Crippen LogP) is 2.78. The second-order valence-corrected chi connectivity index (χ2v) is 6.27. The summed E-state index contributed by atoms with van der Waals surface area (Å²) in [6.07, 6.45) is 1.10. The van der Waals surface area contributed by atoms with Crippen molar-refractivity contribution >= 4 is 11.8 Å². The average Bonchev–Trinajstić information content (AvgIpc) is 2.17. The van der Waals surface area contributed by atoms with Crippen LogP contribution in [0.5, 0.6) is 0 Å². The summed E-state index contributed by atoms with van der Waals surface area (Å²) in [4.78, 5) is 0. The monoisotopic (exact) mass is 233 g/mol. The van der Waals surface area contributed by atoms with Gasteiger partial charge in [-0.3, -0.25) is 0 Å². The molecule has 0 aliphatic rings. The minimum atomic E-state index is 0.699. The number of ether oxygens (including phenoxy) is 1. The summed E-state index contributed by atoms with van der Waals surface area (Å²) in [5.74, 6) is 0.769. The molecule has 0 aromatic rings. The van der Waals surface area contributed by atoms with Gasteiger partial charge < -0.3 is 10.1 Å². The molecule has 2 unspecified atom stereocenters. The van der Waals surface area contributed by atoms with Crippen molar-refractivity contribution in [2.45, 2.75) is 44.6 Å². The second-order valence-electron chi connectivity index (χ2n) is 4.45. The summed E-state index contributed by atoms with van der Waals surface area (Å²) in [5.41, 5.74) is 0. The fourth-order valence-electron chi connectivity index (χ4n) is 1.22. The lowest BCUT2D eigenvalue weighted by Crippen LogP contribution is -2.26. The van der Waals surface area contributed by atoms with E-state index in [2.05, 4.69) is 44.8 Å². The predicted molar refractivity (Wildman–Crippen MR) is 70.7 cm³/mol. The normalized spacial score (nSPS) is 15.6. The molecule has 0 aromatic carbocycles. The first-order valence-corrected chi connectivity index (χ1v) is 6.87. The van der Waals surface area contributed by atoms with Gasteiger partial charge in [0.2, 0.25) is 0 Å². The van der Waals surface area contributed by atoms with Crippen molar-refractivity contribution in [3.63, 3.8) is 0 Å². The third-order valence-corrected chi connectivity index (χ3v) is 4.12. The molecule has 0 heterocycles. The van der Waals surface area contributed by atoms with Gasteiger partial charge in [-0.1, -0.05) is 27.7 Å². The van der Waals surface area contributed by atoms with E-state index in [-0.39, 0.29) is 0 Å². The minimum Gasteiger partial charge on any atom is -0.385 e. The van der Waals surface area contributed by atoms with Crippen LogP contribution in [0.15, 0.2) is 0 Å². The topological polar surface area (TPSA) is 21.3 Å². The minimum absolute atomic E-state index is 0.699. The van der Waals surface area contributed by atoms with Crippen molar-refractivity contribution in [2.24, 2.45) is 5.92 Å². The number of methoxy groups -OCH3 is 1. The molecule has 0 bridgehead atoms. The van der Waals surface area contributed by atoms with Crippen LogP contribution in [0.4, 0.5) is 0 Å². The molecule has 0 spiro atoms. The van der Waals surface area contributed by atoms with Crippen LogP contribution in [0.25, 0.3) is 0 Å². The number of hydrogen-bond acceptors (Lipinski definition) is 3. The Balaban J connectivity index is 3.36. The Bertz CT molecular complexity index is 142. The van der Waals surface area contributed by atoms with E-state index in [9.17, 15) is 0 Å². The lowest BCUT2D eigenvalue weighted by atomic mass is 10.2. The largest absolute Gasteiger partial charge is 0.385 e. The number of thioether (sulfide) groups is 1. The highest BCUT2D eigenvalue weighted by Gasteiger charge is 2.11. The van der Waals surface area contributed by atoms with Crippen LogP contribution in [-0.4, -0.2) is 37.3 Å². The fraction of sp³-hybridized carbons (Fsp3) is 1.00. The van der Waals surface area contributed by atoms with E-state index in [4.69, 9.17) is 4.74 Å². The van der Waals surface area contributed by atoms with Gasteiger partial charge in [-0.15, -0.1) is 0 Å². The smallest absolute Gasteiger partial charge is 0.0474 e. The molecule has 0 aliphatic heterocycles. The van der Waals surface area contributed by atoms with E-state index >= 15 is 0 Å². The molecular formula is C12H27NOS. The third kappa shape index (κ3) is 9.21. The third-order valence-electron chi connectivity index (χ3n) is 2.52. The van der Waals surface area contributed by atoms with E-state index in [1.54, 1.807) is 7.11 Å². The summed E-state index contributed by atoms with van der Waals surface area (Å²) >= 11 is 2.08. The molecule has 1 N–H and O–H groups in total. The van der Waals surface area contributed by atoms with Gasteiger partial charge in [0.1, 0.15) is 0 Å². The molecule has 0 saturated carbocycles. The Morgan fingerprint density at radius 3 is 2.40 bits per heavy atom. The number of nitrogens with one attached hydrogen (secondary N) is 1. The molecule has 15 heavy (non-hydrogen) atoms. The quantitative estimate of drug-likeness (QED) is 0.619. The van der Waals surface area contributed by atoms with Gasteiger partial charge in [0, 0.05) is 30.8 Å². The molecule has 2 nitrogen and oxygen atoms in total. The number of rotatable bonds is 9. The van der Waals surface area contributed by atoms with Crippen LogP contribution >= 0.6 is 11.8 Å². The van der Waals surface area contributed by atoms with Crippen LogP contribution in [0.1, 0.15) is 34.1 Å². The number of hydrogen-bond donors (Lipinski definition) is 1. The van der Waals surface area contributed by atoms with Gasteiger partial charge in [-0.05, 0) is 18.9 Å². The highest BCUT2D eigenvalue weighted by molar-refractivity contribution is 8.00. The second kappa shape index (κ2) is 9.49. The molecule has 2 atom stereocenters. The summed E-state index contributed by atoms with van der Waals surface area (Å²) in [6, 6.07) is 0. The van der Waals surface area contributed by atoms with Crippen molar-refractivity contribution in [2.75, 3.05) is 26.8 Å². The van der Waals surface area contributed by atoms with E-state index < -0.39 is 0 Å². The Morgan fingerprint density at radius 2 is 1.87 bits per heavy atom. The molecule has 3 heteroatoms. The SMILES string of the molecule is COCCCNCC(C)SC(C)C(C)C. The lowest BCUT2D eigenvalue weighted by molar-refractivity contribution is 0.194. The molecule has 0 amide bonds. The molecular weight excluding hydrogens is 206 g/mol. The Hall–Kier alpha value is 0.270. The molecule has 0 aromatic heterocycles. The van der Waals surface area contributed by atoms with Gasteiger partial charge in [0.05, 0.1) is 0 Å². The van der Waals surface area contributed by atoms with Gasteiger partial charge in [-0.25, -0.2) is 0 Å². The summed E-state index contributed by atoms with van der Waals surface area (Å²) in [6.45, 7) is 12.2. The first-order chi connectivity index (χ1) is 7.07. The molecule has 92 valence electrons. The van der Waals surface area contributed by atoms with Gasteiger partial charge in [0.25, 0.3) is 0 Å². The highest BCUT2D eigenvalue weighted by atomic mass is 32.2. The van der Waals surface area contributed by atoms with Crippen LogP contribution in [0.2, 0.25) is 0 Å². The van der Waals surface area contributed by atoms with Crippen molar-refractivity contribution in [3.8, 4) is 0 Å². The molecule has 0 radical (unpaired) electrons. The summed E-state index contributed by atoms with van der Waals surface area (Å²) < 4.78 is 5.00. The molecule has 0 aliphatic carbocycles. The van der Waals surface area contributed by atoms with E-state index in [0.29, 0.717) is 5.25 Å². The lowest BCUT2D eigenvalue weighted by Gasteiger charge is -2.20. The zero-order valence-electron chi connectivity index (χ0n) is 10.9. The van der Waals surface area contributed by atoms with E-state index in [1.165, 1.54) is 0 Å². The zero-order valence-corrected chi connectivity index (χ0v) is 11.7. The average molecular weight is 233 g/mol. The van der Waals surface area contributed by atoms with Crippen LogP contribution < -0.4 is 5.32 Å². The zero-order chi connectivity index (χ0) is 11.7. The summed E-state index contributed by atoms with van der Waals surface area (Å²) in [5, 5.41) is 4.91. The van der Waals surface area contributed by atoms with Crippen LogP contribution in [0, 0.1) is 5.92 Å². The Kier molecular flexibility index (Phi) is 9.66. The van der Waals surface area contributed by atoms with Crippen molar-refractivity contribution < 1.29 is 4.74 Å². The maximum atomic E-state index is 5.00. The van der Waals surface area contributed by atoms with Crippen molar-refractivity contribution in [1.29, 1.82) is 0 Å². The fourth-order valence-corrected chi connectivity index (χ4v) is 2.48. The summed E-state index contributed by atoms with van der Waals surface area (Å²) in [7, 11) is 1.75. The van der Waals surface area contributed by atoms with Gasteiger partial charge in [-0.2, -0.15) is 11.8 Å². The van der Waals surface area contributed by atoms with E-state index in [1.807, 2.05) is 0 Å². The molecule has 0 saturated heterocycles. The van der Waals surface area contributed by atoms with Crippen molar-refractivity contribution in [1.82, 2.24) is 5.32 Å². The van der Waals surface area contributed by atoms with Crippen LogP contribution in [-0.2, 0) is 4.74 Å². The highest BCUT2D eigenvalue weighted by Crippen LogP contribution is 2.22. The van der Waals surface area contributed by atoms with Gasteiger partial charge in [0.15, 0.2) is 0 Å². The first-order valence-electron chi connectivity index (χ1n) is 5.93. The van der Waals surface area contributed by atoms with E-state index in [0.717, 1.165) is 37.3 Å². The van der Waals surface area contributed by atoms with Crippen LogP contribution in [0.3, 0.4) is 0 Å². The maximum absolute atomic E-state index is 5.00. The van der Waals surface area contributed by atoms with Crippen molar-refractivity contribution in [3.05, 3.63) is 0 Å². The maximum Gasteiger partial charge on any atom is 0.0474 e. The Labute approximate surface area is 99.5 Å². The molecule has 0 fully saturated rings. The van der Waals surface area contributed by atoms with Gasteiger partial charge >= 0.3 is 0 Å². The first kappa shape index (κ1) is 15.3. The standard InChI is InChI=1S/C12H27NOS/c1-10(2)12(4)15-11(3)9-13-7-6-8-14-5/h10-13H,6-9H2,1-5H3. The molecule has 0 rings (SSSR count). The Morgan fingerprint density at radius 1 is 1.20 bits per heavy atom.